The molecule has 1 aromatic carbocycles. The van der Waals surface area contributed by atoms with Gasteiger partial charge in [0.15, 0.2) is 0 Å². The molecule has 1 aromatic rings. The molecule has 2 nitrogen and oxygen atoms in total. The van der Waals surface area contributed by atoms with Gasteiger partial charge in [0.2, 0.25) is 0 Å². The van der Waals surface area contributed by atoms with Crippen LogP contribution in [-0.2, 0) is 0 Å². The van der Waals surface area contributed by atoms with Gasteiger partial charge in [0, 0.05) is 24.8 Å². The van der Waals surface area contributed by atoms with Gasteiger partial charge in [-0.3, -0.25) is 0 Å². The average Bonchev–Trinajstić information content (AvgIpc) is 2.65. The maximum atomic E-state index is 5.92. The van der Waals surface area contributed by atoms with Crippen LogP contribution in [0, 0.1) is 0 Å². The summed E-state index contributed by atoms with van der Waals surface area (Å²) in [5.41, 5.74) is 8.66. The van der Waals surface area contributed by atoms with E-state index in [4.69, 9.17) is 5.73 Å². The molecule has 1 saturated heterocycles. The van der Waals surface area contributed by atoms with Crippen molar-refractivity contribution in [2.24, 2.45) is 5.73 Å². The Morgan fingerprint density at radius 2 is 2.20 bits per heavy atom. The quantitative estimate of drug-likeness (QED) is 0.801. The van der Waals surface area contributed by atoms with E-state index in [9.17, 15) is 0 Å². The summed E-state index contributed by atoms with van der Waals surface area (Å²) in [4.78, 5) is 2.39. The first kappa shape index (κ1) is 10.5. The molecule has 2 rings (SSSR count). The summed E-state index contributed by atoms with van der Waals surface area (Å²) in [6, 6.07) is 9.18. The summed E-state index contributed by atoms with van der Waals surface area (Å²) < 4.78 is 0. The third kappa shape index (κ3) is 2.32. The Hall–Kier alpha value is -1.02. The molecule has 1 unspecified atom stereocenters. The van der Waals surface area contributed by atoms with Gasteiger partial charge < -0.3 is 10.6 Å². The van der Waals surface area contributed by atoms with Gasteiger partial charge in [0.1, 0.15) is 0 Å². The number of rotatable bonds is 2. The molecule has 1 aliphatic rings. The first-order valence-electron chi connectivity index (χ1n) is 5.77. The monoisotopic (exact) mass is 204 g/mol. The summed E-state index contributed by atoms with van der Waals surface area (Å²) in [5, 5.41) is 0. The van der Waals surface area contributed by atoms with Crippen LogP contribution in [0.5, 0.6) is 0 Å². The molecule has 1 fully saturated rings. The molecule has 82 valence electrons. The number of nitrogens with zero attached hydrogens (tertiary/aromatic N) is 1. The maximum absolute atomic E-state index is 5.92. The van der Waals surface area contributed by atoms with Gasteiger partial charge in [-0.2, -0.15) is 0 Å². The zero-order valence-corrected chi connectivity index (χ0v) is 9.61. The number of benzene rings is 1. The molecular formula is C13H20N2. The third-order valence-corrected chi connectivity index (χ3v) is 3.13. The van der Waals surface area contributed by atoms with E-state index >= 15 is 0 Å². The number of hydrogen-bond donors (Lipinski definition) is 1. The van der Waals surface area contributed by atoms with Gasteiger partial charge in [0.05, 0.1) is 0 Å². The van der Waals surface area contributed by atoms with E-state index in [2.05, 4.69) is 43.0 Å². The Bertz CT molecular complexity index is 333. The van der Waals surface area contributed by atoms with Crippen molar-refractivity contribution in [3.05, 3.63) is 29.8 Å². The Balaban J connectivity index is 2.18. The van der Waals surface area contributed by atoms with Gasteiger partial charge in [-0.05, 0) is 30.0 Å². The SMILES string of the molecule is CC(C)c1cccc(N2CCC(N)C2)c1. The lowest BCUT2D eigenvalue weighted by Crippen LogP contribution is -2.26. The summed E-state index contributed by atoms with van der Waals surface area (Å²) in [6.07, 6.45) is 1.12. The molecule has 0 bridgehead atoms. The van der Waals surface area contributed by atoms with Gasteiger partial charge in [0.25, 0.3) is 0 Å². The molecule has 2 heteroatoms. The van der Waals surface area contributed by atoms with Crippen LogP contribution in [0.25, 0.3) is 0 Å². The maximum Gasteiger partial charge on any atom is 0.0369 e. The van der Waals surface area contributed by atoms with Crippen molar-refractivity contribution < 1.29 is 0 Å². The van der Waals surface area contributed by atoms with Crippen LogP contribution >= 0.6 is 0 Å². The van der Waals surface area contributed by atoms with E-state index in [1.165, 1.54) is 11.3 Å². The van der Waals surface area contributed by atoms with E-state index < -0.39 is 0 Å². The minimum absolute atomic E-state index is 0.354. The highest BCUT2D eigenvalue weighted by Crippen LogP contribution is 2.24. The summed E-state index contributed by atoms with van der Waals surface area (Å²) in [5.74, 6) is 0.598. The van der Waals surface area contributed by atoms with Gasteiger partial charge in [-0.1, -0.05) is 26.0 Å². The molecule has 0 aliphatic carbocycles. The van der Waals surface area contributed by atoms with E-state index in [0.717, 1.165) is 19.5 Å². The molecule has 0 saturated carbocycles. The minimum atomic E-state index is 0.354. The molecule has 1 heterocycles. The van der Waals surface area contributed by atoms with E-state index in [0.29, 0.717) is 12.0 Å². The second kappa shape index (κ2) is 4.23. The van der Waals surface area contributed by atoms with Crippen molar-refractivity contribution in [3.63, 3.8) is 0 Å². The number of nitrogens with two attached hydrogens (primary N) is 1. The van der Waals surface area contributed by atoms with Crippen LogP contribution < -0.4 is 10.6 Å². The summed E-state index contributed by atoms with van der Waals surface area (Å²) >= 11 is 0. The molecule has 0 amide bonds. The molecular weight excluding hydrogens is 184 g/mol. The zero-order valence-electron chi connectivity index (χ0n) is 9.61. The predicted molar refractivity (Wildman–Crippen MR) is 65.3 cm³/mol. The van der Waals surface area contributed by atoms with Crippen LogP contribution in [0.1, 0.15) is 31.7 Å². The van der Waals surface area contributed by atoms with Gasteiger partial charge >= 0.3 is 0 Å². The Kier molecular flexibility index (Phi) is 2.96. The second-order valence-corrected chi connectivity index (χ2v) is 4.74. The molecule has 0 aromatic heterocycles. The highest BCUT2D eigenvalue weighted by Gasteiger charge is 2.19. The highest BCUT2D eigenvalue weighted by atomic mass is 15.2. The summed E-state index contributed by atoms with van der Waals surface area (Å²) in [6.45, 7) is 6.56. The van der Waals surface area contributed by atoms with Gasteiger partial charge in [-0.15, -0.1) is 0 Å². The number of anilines is 1. The van der Waals surface area contributed by atoms with Crippen molar-refractivity contribution in [1.29, 1.82) is 0 Å². The average molecular weight is 204 g/mol. The first-order valence-corrected chi connectivity index (χ1v) is 5.77. The molecule has 1 aliphatic heterocycles. The first-order chi connectivity index (χ1) is 7.16. The van der Waals surface area contributed by atoms with Crippen molar-refractivity contribution in [3.8, 4) is 0 Å². The fraction of sp³-hybridized carbons (Fsp3) is 0.538. The zero-order chi connectivity index (χ0) is 10.8. The number of hydrogen-bond acceptors (Lipinski definition) is 2. The fourth-order valence-corrected chi connectivity index (χ4v) is 2.10. The van der Waals surface area contributed by atoms with E-state index in [-0.39, 0.29) is 0 Å². The smallest absolute Gasteiger partial charge is 0.0369 e. The van der Waals surface area contributed by atoms with E-state index in [1.54, 1.807) is 0 Å². The largest absolute Gasteiger partial charge is 0.370 e. The fourth-order valence-electron chi connectivity index (χ4n) is 2.10. The normalized spacial score (nSPS) is 21.3. The minimum Gasteiger partial charge on any atom is -0.370 e. The lowest BCUT2D eigenvalue weighted by molar-refractivity contribution is 0.752. The van der Waals surface area contributed by atoms with Crippen molar-refractivity contribution in [2.45, 2.75) is 32.2 Å². The van der Waals surface area contributed by atoms with Crippen LogP contribution in [0.2, 0.25) is 0 Å². The highest BCUT2D eigenvalue weighted by molar-refractivity contribution is 5.50. The van der Waals surface area contributed by atoms with Crippen molar-refractivity contribution >= 4 is 5.69 Å². The molecule has 0 spiro atoms. The van der Waals surface area contributed by atoms with Crippen molar-refractivity contribution in [2.75, 3.05) is 18.0 Å². The van der Waals surface area contributed by atoms with Crippen LogP contribution in [0.3, 0.4) is 0 Å². The lowest BCUT2D eigenvalue weighted by atomic mass is 10.0. The van der Waals surface area contributed by atoms with Crippen molar-refractivity contribution in [1.82, 2.24) is 0 Å². The standard InChI is InChI=1S/C13H20N2/c1-10(2)11-4-3-5-13(8-11)15-7-6-12(14)9-15/h3-5,8,10,12H,6-7,9,14H2,1-2H3. The van der Waals surface area contributed by atoms with Gasteiger partial charge in [-0.25, -0.2) is 0 Å². The molecule has 2 N–H and O–H groups in total. The van der Waals surface area contributed by atoms with Crippen LogP contribution in [-0.4, -0.2) is 19.1 Å². The second-order valence-electron chi connectivity index (χ2n) is 4.74. The Morgan fingerprint density at radius 3 is 2.80 bits per heavy atom. The Labute approximate surface area is 92.1 Å². The van der Waals surface area contributed by atoms with E-state index in [1.807, 2.05) is 0 Å². The Morgan fingerprint density at radius 1 is 1.40 bits per heavy atom. The topological polar surface area (TPSA) is 29.3 Å². The molecule has 1 atom stereocenters. The third-order valence-electron chi connectivity index (χ3n) is 3.13. The summed E-state index contributed by atoms with van der Waals surface area (Å²) in [7, 11) is 0. The van der Waals surface area contributed by atoms with Crippen LogP contribution in [0.4, 0.5) is 5.69 Å². The van der Waals surface area contributed by atoms with Crippen LogP contribution in [0.15, 0.2) is 24.3 Å². The predicted octanol–water partition coefficient (Wildman–Crippen LogP) is 2.35. The lowest BCUT2D eigenvalue weighted by Gasteiger charge is -2.19. The molecule has 0 radical (unpaired) electrons. The molecule has 15 heavy (non-hydrogen) atoms.